The third-order valence-electron chi connectivity index (χ3n) is 5.01. The number of hydrogen-bond acceptors (Lipinski definition) is 4. The van der Waals surface area contributed by atoms with Crippen LogP contribution in [0, 0.1) is 17.2 Å². The lowest BCUT2D eigenvalue weighted by molar-refractivity contribution is 0.410. The summed E-state index contributed by atoms with van der Waals surface area (Å²) in [5.41, 5.74) is 1.79. The fraction of sp³-hybridized carbons (Fsp3) is 0.474. The second kappa shape index (κ2) is 5.73. The molecule has 2 aromatic rings. The first-order valence-corrected chi connectivity index (χ1v) is 8.47. The number of nitriles is 1. The molecule has 1 aliphatic heterocycles. The van der Waals surface area contributed by atoms with Crippen molar-refractivity contribution in [2.75, 3.05) is 18.0 Å². The Balaban J connectivity index is 1.56. The van der Waals surface area contributed by atoms with E-state index in [4.69, 9.17) is 4.42 Å². The van der Waals surface area contributed by atoms with Gasteiger partial charge >= 0.3 is 0 Å². The molecule has 1 aromatic carbocycles. The Hall–Kier alpha value is -2.28. The number of piperidine rings is 1. The molecule has 1 aromatic heterocycles. The summed E-state index contributed by atoms with van der Waals surface area (Å²) in [7, 11) is 0. The second-order valence-corrected chi connectivity index (χ2v) is 6.87. The standard InChI is InChI=1S/C19H21N3O/c1-13-6-5-9-22(12-13)19-17(11-20)21-18(23-19)16-10-15(16)14-7-3-2-4-8-14/h2-4,7-8,13,15-16H,5-6,9-10,12H2,1H3/t13-,15+,16+/m1/s1. The SMILES string of the molecule is C[C@@H]1CCCN(c2oc([C@H]3C[C@H]3c3ccccc3)nc2C#N)C1. The molecule has 4 heteroatoms. The summed E-state index contributed by atoms with van der Waals surface area (Å²) in [6.45, 7) is 4.17. The van der Waals surface area contributed by atoms with Gasteiger partial charge in [-0.1, -0.05) is 37.3 Å². The lowest BCUT2D eigenvalue weighted by atomic mass is 10.0. The van der Waals surface area contributed by atoms with Gasteiger partial charge in [-0.25, -0.2) is 4.98 Å². The molecule has 4 rings (SSSR count). The number of benzene rings is 1. The van der Waals surface area contributed by atoms with Crippen LogP contribution in [0.5, 0.6) is 0 Å². The van der Waals surface area contributed by atoms with Crippen molar-refractivity contribution in [3.8, 4) is 6.07 Å². The maximum atomic E-state index is 9.41. The zero-order valence-corrected chi connectivity index (χ0v) is 13.4. The summed E-state index contributed by atoms with van der Waals surface area (Å²) in [6.07, 6.45) is 3.46. The first kappa shape index (κ1) is 14.3. The van der Waals surface area contributed by atoms with E-state index in [2.05, 4.69) is 47.1 Å². The molecule has 23 heavy (non-hydrogen) atoms. The van der Waals surface area contributed by atoms with E-state index in [1.807, 2.05) is 6.07 Å². The molecule has 0 N–H and O–H groups in total. The molecule has 1 aliphatic carbocycles. The van der Waals surface area contributed by atoms with Gasteiger partial charge in [0.15, 0.2) is 0 Å². The lowest BCUT2D eigenvalue weighted by Crippen LogP contribution is -2.34. The van der Waals surface area contributed by atoms with Crippen molar-refractivity contribution < 1.29 is 4.42 Å². The smallest absolute Gasteiger partial charge is 0.234 e. The van der Waals surface area contributed by atoms with Gasteiger partial charge in [-0.2, -0.15) is 5.26 Å². The van der Waals surface area contributed by atoms with Gasteiger partial charge in [-0.15, -0.1) is 0 Å². The average Bonchev–Trinajstić information content (AvgIpc) is 3.27. The van der Waals surface area contributed by atoms with Crippen molar-refractivity contribution in [3.63, 3.8) is 0 Å². The summed E-state index contributed by atoms with van der Waals surface area (Å²) in [6, 6.07) is 12.7. The van der Waals surface area contributed by atoms with Gasteiger partial charge in [0.2, 0.25) is 17.5 Å². The van der Waals surface area contributed by atoms with Crippen LogP contribution in [-0.2, 0) is 0 Å². The third-order valence-corrected chi connectivity index (χ3v) is 5.01. The van der Waals surface area contributed by atoms with Gasteiger partial charge in [0.1, 0.15) is 6.07 Å². The van der Waals surface area contributed by atoms with E-state index in [0.717, 1.165) is 31.8 Å². The average molecular weight is 307 g/mol. The predicted octanol–water partition coefficient (Wildman–Crippen LogP) is 4.05. The fourth-order valence-electron chi connectivity index (χ4n) is 3.68. The zero-order chi connectivity index (χ0) is 15.8. The molecule has 0 amide bonds. The van der Waals surface area contributed by atoms with Crippen molar-refractivity contribution in [1.29, 1.82) is 5.26 Å². The van der Waals surface area contributed by atoms with Crippen LogP contribution in [0.4, 0.5) is 5.88 Å². The quantitative estimate of drug-likeness (QED) is 0.858. The van der Waals surface area contributed by atoms with Gasteiger partial charge in [-0.05, 0) is 36.7 Å². The molecule has 2 fully saturated rings. The molecule has 3 atom stereocenters. The Labute approximate surface area is 136 Å². The van der Waals surface area contributed by atoms with Crippen LogP contribution in [0.25, 0.3) is 0 Å². The Morgan fingerprint density at radius 1 is 1.26 bits per heavy atom. The van der Waals surface area contributed by atoms with Gasteiger partial charge < -0.3 is 9.32 Å². The number of rotatable bonds is 3. The van der Waals surface area contributed by atoms with E-state index < -0.39 is 0 Å². The van der Waals surface area contributed by atoms with Crippen molar-refractivity contribution in [2.24, 2.45) is 5.92 Å². The first-order chi connectivity index (χ1) is 11.3. The first-order valence-electron chi connectivity index (χ1n) is 8.47. The van der Waals surface area contributed by atoms with Crippen molar-refractivity contribution in [1.82, 2.24) is 4.98 Å². The molecule has 0 bridgehead atoms. The molecule has 2 heterocycles. The van der Waals surface area contributed by atoms with E-state index in [9.17, 15) is 5.26 Å². The monoisotopic (exact) mass is 307 g/mol. The molecule has 0 radical (unpaired) electrons. The highest BCUT2D eigenvalue weighted by Crippen LogP contribution is 2.54. The summed E-state index contributed by atoms with van der Waals surface area (Å²) in [5, 5.41) is 9.41. The molecule has 2 aliphatic rings. The lowest BCUT2D eigenvalue weighted by Gasteiger charge is -2.30. The minimum Gasteiger partial charge on any atom is -0.423 e. The van der Waals surface area contributed by atoms with Gasteiger partial charge in [0.25, 0.3) is 0 Å². The summed E-state index contributed by atoms with van der Waals surface area (Å²) in [5.74, 6) is 2.87. The summed E-state index contributed by atoms with van der Waals surface area (Å²) >= 11 is 0. The summed E-state index contributed by atoms with van der Waals surface area (Å²) < 4.78 is 6.06. The van der Waals surface area contributed by atoms with Crippen LogP contribution in [0.1, 0.15) is 55.2 Å². The Bertz CT molecular complexity index is 731. The van der Waals surface area contributed by atoms with Crippen molar-refractivity contribution in [3.05, 3.63) is 47.5 Å². The molecule has 0 spiro atoms. The maximum absolute atomic E-state index is 9.41. The van der Waals surface area contributed by atoms with Gasteiger partial charge in [0, 0.05) is 19.0 Å². The van der Waals surface area contributed by atoms with E-state index in [0.29, 0.717) is 29.3 Å². The number of hydrogen-bond donors (Lipinski definition) is 0. The van der Waals surface area contributed by atoms with Crippen LogP contribution in [-0.4, -0.2) is 18.1 Å². The minimum absolute atomic E-state index is 0.320. The van der Waals surface area contributed by atoms with Crippen LogP contribution in [0.2, 0.25) is 0 Å². The van der Waals surface area contributed by atoms with E-state index in [1.165, 1.54) is 12.0 Å². The predicted molar refractivity (Wildman–Crippen MR) is 88.4 cm³/mol. The number of anilines is 1. The molecule has 1 saturated heterocycles. The molecule has 1 saturated carbocycles. The number of oxazole rings is 1. The number of nitrogens with zero attached hydrogens (tertiary/aromatic N) is 3. The fourth-order valence-corrected chi connectivity index (χ4v) is 3.68. The largest absolute Gasteiger partial charge is 0.423 e. The number of aromatic nitrogens is 1. The van der Waals surface area contributed by atoms with Crippen LogP contribution < -0.4 is 4.90 Å². The third kappa shape index (κ3) is 2.72. The van der Waals surface area contributed by atoms with E-state index in [-0.39, 0.29) is 0 Å². The highest BCUT2D eigenvalue weighted by Gasteiger charge is 2.44. The van der Waals surface area contributed by atoms with Crippen molar-refractivity contribution in [2.45, 2.75) is 38.0 Å². The molecular weight excluding hydrogens is 286 g/mol. The topological polar surface area (TPSA) is 53.1 Å². The molecular formula is C19H21N3O. The summed E-state index contributed by atoms with van der Waals surface area (Å²) in [4.78, 5) is 6.69. The van der Waals surface area contributed by atoms with Crippen LogP contribution >= 0.6 is 0 Å². The molecule has 4 nitrogen and oxygen atoms in total. The second-order valence-electron chi connectivity index (χ2n) is 6.87. The highest BCUT2D eigenvalue weighted by atomic mass is 16.4. The Kier molecular flexibility index (Phi) is 3.57. The molecule has 0 unspecified atom stereocenters. The Morgan fingerprint density at radius 3 is 2.83 bits per heavy atom. The van der Waals surface area contributed by atoms with Crippen LogP contribution in [0.15, 0.2) is 34.7 Å². The molecule has 118 valence electrons. The van der Waals surface area contributed by atoms with Gasteiger partial charge in [0.05, 0.1) is 0 Å². The Morgan fingerprint density at radius 2 is 2.09 bits per heavy atom. The van der Waals surface area contributed by atoms with E-state index >= 15 is 0 Å². The zero-order valence-electron chi connectivity index (χ0n) is 13.4. The minimum atomic E-state index is 0.320. The normalized spacial score (nSPS) is 26.8. The maximum Gasteiger partial charge on any atom is 0.234 e. The van der Waals surface area contributed by atoms with Crippen LogP contribution in [0.3, 0.4) is 0 Å². The highest BCUT2D eigenvalue weighted by molar-refractivity contribution is 5.49. The van der Waals surface area contributed by atoms with Crippen molar-refractivity contribution >= 4 is 5.88 Å². The van der Waals surface area contributed by atoms with Gasteiger partial charge in [-0.3, -0.25) is 0 Å². The van der Waals surface area contributed by atoms with E-state index in [1.54, 1.807) is 0 Å².